The van der Waals surface area contributed by atoms with E-state index in [4.69, 9.17) is 4.74 Å². The first kappa shape index (κ1) is 18.7. The van der Waals surface area contributed by atoms with Gasteiger partial charge in [-0.15, -0.1) is 0 Å². The Hall–Kier alpha value is -2.37. The lowest BCUT2D eigenvalue weighted by Gasteiger charge is -2.15. The Balaban J connectivity index is 2.30. The van der Waals surface area contributed by atoms with Crippen LogP contribution in [0.5, 0.6) is 0 Å². The summed E-state index contributed by atoms with van der Waals surface area (Å²) in [4.78, 5) is 35.8. The van der Waals surface area contributed by atoms with Crippen LogP contribution in [0.3, 0.4) is 0 Å². The van der Waals surface area contributed by atoms with Crippen LogP contribution < -0.4 is 5.32 Å². The van der Waals surface area contributed by atoms with Crippen molar-refractivity contribution in [2.24, 2.45) is 0 Å². The molecule has 0 aliphatic rings. The topological polar surface area (TPSA) is 75.7 Å². The number of hydrogen-bond donors (Lipinski definition) is 1. The number of carbonyl (C=O) groups excluding carboxylic acids is 3. The fourth-order valence-corrected chi connectivity index (χ4v) is 1.90. The number of carbonyl (C=O) groups is 3. The molecule has 2 amide bonds. The quantitative estimate of drug-likeness (QED) is 0.723. The fraction of sp³-hybridized carbons (Fsp3) is 0.471. The highest BCUT2D eigenvalue weighted by Crippen LogP contribution is 2.07. The van der Waals surface area contributed by atoms with Gasteiger partial charge in [0.2, 0.25) is 5.91 Å². The molecule has 23 heavy (non-hydrogen) atoms. The zero-order valence-electron chi connectivity index (χ0n) is 13.9. The summed E-state index contributed by atoms with van der Waals surface area (Å²) in [5.74, 6) is -1.11. The second kappa shape index (κ2) is 9.61. The second-order valence-corrected chi connectivity index (χ2v) is 5.25. The highest BCUT2D eigenvalue weighted by molar-refractivity contribution is 5.86. The molecule has 126 valence electrons. The molecule has 1 aromatic carbocycles. The van der Waals surface area contributed by atoms with Gasteiger partial charge in [-0.05, 0) is 24.0 Å². The Morgan fingerprint density at radius 2 is 1.74 bits per heavy atom. The fourth-order valence-electron chi connectivity index (χ4n) is 1.90. The number of aryl methyl sites for hydroxylation is 2. The van der Waals surface area contributed by atoms with Gasteiger partial charge >= 0.3 is 5.97 Å². The van der Waals surface area contributed by atoms with Gasteiger partial charge in [0.1, 0.15) is 0 Å². The smallest absolute Gasteiger partial charge is 0.306 e. The number of nitrogens with zero attached hydrogens (tertiary/aromatic N) is 1. The SMILES string of the molecule is CCc1ccc(CCC(=O)OCC(=O)N(C)CC(=O)NC)cc1. The molecule has 0 fully saturated rings. The summed E-state index contributed by atoms with van der Waals surface area (Å²) in [6.45, 7) is 1.68. The molecule has 0 saturated carbocycles. The first-order valence-electron chi connectivity index (χ1n) is 7.64. The van der Waals surface area contributed by atoms with Crippen LogP contribution in [0.25, 0.3) is 0 Å². The number of nitrogens with one attached hydrogen (secondary N) is 1. The van der Waals surface area contributed by atoms with Gasteiger partial charge in [-0.2, -0.15) is 0 Å². The van der Waals surface area contributed by atoms with Gasteiger partial charge in [-0.25, -0.2) is 0 Å². The van der Waals surface area contributed by atoms with Crippen LogP contribution in [-0.4, -0.2) is 49.9 Å². The van der Waals surface area contributed by atoms with Gasteiger partial charge in [0.25, 0.3) is 5.91 Å². The van der Waals surface area contributed by atoms with E-state index >= 15 is 0 Å². The van der Waals surface area contributed by atoms with E-state index < -0.39 is 11.9 Å². The minimum absolute atomic E-state index is 0.0589. The van der Waals surface area contributed by atoms with Crippen molar-refractivity contribution in [3.8, 4) is 0 Å². The predicted octanol–water partition coefficient (Wildman–Crippen LogP) is 0.929. The molecule has 0 radical (unpaired) electrons. The summed E-state index contributed by atoms with van der Waals surface area (Å²) in [6, 6.07) is 8.07. The van der Waals surface area contributed by atoms with E-state index in [0.717, 1.165) is 12.0 Å². The highest BCUT2D eigenvalue weighted by atomic mass is 16.5. The molecular weight excluding hydrogens is 296 g/mol. The van der Waals surface area contributed by atoms with E-state index in [1.54, 1.807) is 0 Å². The summed E-state index contributed by atoms with van der Waals surface area (Å²) in [5, 5.41) is 2.42. The molecule has 0 aliphatic heterocycles. The van der Waals surface area contributed by atoms with Gasteiger partial charge in [0, 0.05) is 20.5 Å². The van der Waals surface area contributed by atoms with Crippen LogP contribution in [0.2, 0.25) is 0 Å². The maximum atomic E-state index is 11.7. The van der Waals surface area contributed by atoms with Crippen molar-refractivity contribution in [2.75, 3.05) is 27.2 Å². The maximum Gasteiger partial charge on any atom is 0.306 e. The molecule has 1 N–H and O–H groups in total. The van der Waals surface area contributed by atoms with Crippen molar-refractivity contribution in [1.29, 1.82) is 0 Å². The van der Waals surface area contributed by atoms with Gasteiger partial charge in [-0.3, -0.25) is 14.4 Å². The molecule has 0 bridgehead atoms. The number of benzene rings is 1. The van der Waals surface area contributed by atoms with Gasteiger partial charge < -0.3 is 15.0 Å². The Morgan fingerprint density at radius 3 is 2.30 bits per heavy atom. The van der Waals surface area contributed by atoms with E-state index in [9.17, 15) is 14.4 Å². The molecule has 0 heterocycles. The first-order chi connectivity index (χ1) is 11.0. The van der Waals surface area contributed by atoms with Crippen LogP contribution in [-0.2, 0) is 32.0 Å². The number of hydrogen-bond acceptors (Lipinski definition) is 4. The molecule has 0 aromatic heterocycles. The number of rotatable bonds is 8. The monoisotopic (exact) mass is 320 g/mol. The Bertz CT molecular complexity index is 540. The lowest BCUT2D eigenvalue weighted by atomic mass is 10.1. The van der Waals surface area contributed by atoms with E-state index in [1.807, 2.05) is 24.3 Å². The Kier molecular flexibility index (Phi) is 7.80. The second-order valence-electron chi connectivity index (χ2n) is 5.25. The summed E-state index contributed by atoms with van der Waals surface area (Å²) in [5.41, 5.74) is 2.31. The number of likely N-dealkylation sites (N-methyl/N-ethyl adjacent to an activating group) is 2. The summed E-state index contributed by atoms with van der Waals surface area (Å²) >= 11 is 0. The summed E-state index contributed by atoms with van der Waals surface area (Å²) in [7, 11) is 2.98. The zero-order chi connectivity index (χ0) is 17.2. The van der Waals surface area contributed by atoms with Gasteiger partial charge in [0.15, 0.2) is 6.61 Å². The van der Waals surface area contributed by atoms with Crippen molar-refractivity contribution in [1.82, 2.24) is 10.2 Å². The average Bonchev–Trinajstić information content (AvgIpc) is 2.57. The van der Waals surface area contributed by atoms with Crippen molar-refractivity contribution in [3.63, 3.8) is 0 Å². The Morgan fingerprint density at radius 1 is 1.13 bits per heavy atom. The standard InChI is InChI=1S/C17H24N2O4/c1-4-13-5-7-14(8-6-13)9-10-17(22)23-12-16(21)19(3)11-15(20)18-2/h5-8H,4,9-12H2,1-3H3,(H,18,20). The molecule has 6 heteroatoms. The van der Waals surface area contributed by atoms with Crippen LogP contribution in [0.15, 0.2) is 24.3 Å². The van der Waals surface area contributed by atoms with Crippen molar-refractivity contribution < 1.29 is 19.1 Å². The summed E-state index contributed by atoms with van der Waals surface area (Å²) < 4.78 is 4.94. The molecule has 0 unspecified atom stereocenters. The predicted molar refractivity (Wildman–Crippen MR) is 86.8 cm³/mol. The third kappa shape index (κ3) is 6.95. The summed E-state index contributed by atoms with van der Waals surface area (Å²) in [6.07, 6.45) is 1.77. The molecule has 0 saturated heterocycles. The van der Waals surface area contributed by atoms with Crippen LogP contribution in [0.4, 0.5) is 0 Å². The minimum Gasteiger partial charge on any atom is -0.456 e. The first-order valence-corrected chi connectivity index (χ1v) is 7.64. The van der Waals surface area contributed by atoms with Crippen LogP contribution in [0.1, 0.15) is 24.5 Å². The Labute approximate surface area is 136 Å². The molecular formula is C17H24N2O4. The largest absolute Gasteiger partial charge is 0.456 e. The maximum absolute atomic E-state index is 11.7. The zero-order valence-corrected chi connectivity index (χ0v) is 13.9. The molecule has 0 aliphatic carbocycles. The van der Waals surface area contributed by atoms with E-state index in [0.29, 0.717) is 6.42 Å². The number of ether oxygens (including phenoxy) is 1. The lowest BCUT2D eigenvalue weighted by Crippen LogP contribution is -2.39. The molecule has 1 rings (SSSR count). The van der Waals surface area contributed by atoms with Gasteiger partial charge in [-0.1, -0.05) is 31.2 Å². The highest BCUT2D eigenvalue weighted by Gasteiger charge is 2.14. The van der Waals surface area contributed by atoms with E-state index in [1.165, 1.54) is 24.6 Å². The molecule has 1 aromatic rings. The third-order valence-corrected chi connectivity index (χ3v) is 3.49. The van der Waals surface area contributed by atoms with Crippen LogP contribution in [0, 0.1) is 0 Å². The lowest BCUT2D eigenvalue weighted by molar-refractivity contribution is -0.151. The van der Waals surface area contributed by atoms with Crippen molar-refractivity contribution in [2.45, 2.75) is 26.2 Å². The molecule has 0 spiro atoms. The number of amides is 2. The van der Waals surface area contributed by atoms with Crippen molar-refractivity contribution >= 4 is 17.8 Å². The normalized spacial score (nSPS) is 10.0. The van der Waals surface area contributed by atoms with Crippen molar-refractivity contribution in [3.05, 3.63) is 35.4 Å². The van der Waals surface area contributed by atoms with E-state index in [2.05, 4.69) is 12.2 Å². The third-order valence-electron chi connectivity index (χ3n) is 3.49. The van der Waals surface area contributed by atoms with Crippen LogP contribution >= 0.6 is 0 Å². The molecule has 6 nitrogen and oxygen atoms in total. The molecule has 0 atom stereocenters. The minimum atomic E-state index is -0.425. The van der Waals surface area contributed by atoms with E-state index in [-0.39, 0.29) is 25.5 Å². The van der Waals surface area contributed by atoms with Gasteiger partial charge in [0.05, 0.1) is 6.54 Å². The average molecular weight is 320 g/mol. The number of esters is 1.